The number of anilines is 2. The third-order valence-electron chi connectivity index (χ3n) is 2.06. The van der Waals surface area contributed by atoms with E-state index in [1.807, 2.05) is 0 Å². The number of hydrogen-bond donors (Lipinski definition) is 2. The van der Waals surface area contributed by atoms with Crippen molar-refractivity contribution >= 4 is 44.3 Å². The molecular formula is C10H8ClFN2O2S2. The van der Waals surface area contributed by atoms with Crippen molar-refractivity contribution in [1.29, 1.82) is 0 Å². The van der Waals surface area contributed by atoms with Crippen LogP contribution < -0.4 is 10.5 Å². The van der Waals surface area contributed by atoms with Crippen LogP contribution in [0.5, 0.6) is 0 Å². The van der Waals surface area contributed by atoms with Gasteiger partial charge in [0.15, 0.2) is 0 Å². The Hall–Kier alpha value is -1.31. The summed E-state index contributed by atoms with van der Waals surface area (Å²) >= 11 is 6.69. The minimum Gasteiger partial charge on any atom is -0.398 e. The number of sulfonamides is 1. The Morgan fingerprint density at radius 2 is 2.11 bits per heavy atom. The molecule has 8 heteroatoms. The first-order chi connectivity index (χ1) is 8.40. The fraction of sp³-hybridized carbons (Fsp3) is 0. The second kappa shape index (κ2) is 4.75. The van der Waals surface area contributed by atoms with Crippen LogP contribution in [0.1, 0.15) is 0 Å². The molecule has 3 N–H and O–H groups in total. The Bertz CT molecular complexity index is 665. The van der Waals surface area contributed by atoms with E-state index in [-0.39, 0.29) is 14.9 Å². The third-order valence-corrected chi connectivity index (χ3v) is 5.18. The van der Waals surface area contributed by atoms with Crippen molar-refractivity contribution in [3.05, 3.63) is 40.5 Å². The van der Waals surface area contributed by atoms with E-state index in [9.17, 15) is 12.8 Å². The third kappa shape index (κ3) is 2.58. The van der Waals surface area contributed by atoms with Gasteiger partial charge in [0.1, 0.15) is 15.7 Å². The smallest absolute Gasteiger partial charge is 0.271 e. The maximum absolute atomic E-state index is 13.5. The van der Waals surface area contributed by atoms with Crippen LogP contribution in [0.3, 0.4) is 0 Å². The monoisotopic (exact) mass is 306 g/mol. The van der Waals surface area contributed by atoms with Gasteiger partial charge in [0, 0.05) is 11.1 Å². The number of benzene rings is 1. The van der Waals surface area contributed by atoms with Crippen molar-refractivity contribution in [3.8, 4) is 0 Å². The van der Waals surface area contributed by atoms with Crippen molar-refractivity contribution in [2.45, 2.75) is 4.21 Å². The van der Waals surface area contributed by atoms with E-state index in [0.717, 1.165) is 17.4 Å². The molecule has 0 aliphatic carbocycles. The molecule has 0 fully saturated rings. The molecule has 2 rings (SSSR count). The zero-order chi connectivity index (χ0) is 13.3. The maximum atomic E-state index is 13.5. The Morgan fingerprint density at radius 1 is 1.39 bits per heavy atom. The summed E-state index contributed by atoms with van der Waals surface area (Å²) < 4.78 is 39.4. The largest absolute Gasteiger partial charge is 0.398 e. The molecule has 0 spiro atoms. The number of rotatable bonds is 3. The lowest BCUT2D eigenvalue weighted by molar-refractivity contribution is 0.600. The summed E-state index contributed by atoms with van der Waals surface area (Å²) in [4.78, 5) is 0. The quantitative estimate of drug-likeness (QED) is 0.916. The van der Waals surface area contributed by atoms with Crippen LogP contribution in [-0.2, 0) is 10.0 Å². The second-order valence-corrected chi connectivity index (χ2v) is 6.63. The van der Waals surface area contributed by atoms with Crippen LogP contribution in [0.4, 0.5) is 15.8 Å². The standard InChI is InChI=1S/C10H8ClFN2O2S2/c11-7-2-1-3-8(12)10(7)14-18(15,16)9-4-6(13)5-17-9/h1-5,14H,13H2. The van der Waals surface area contributed by atoms with Crippen molar-refractivity contribution in [3.63, 3.8) is 0 Å². The molecule has 1 aromatic carbocycles. The Labute approximate surface area is 112 Å². The lowest BCUT2D eigenvalue weighted by Crippen LogP contribution is -2.13. The van der Waals surface area contributed by atoms with Gasteiger partial charge in [-0.15, -0.1) is 11.3 Å². The molecule has 0 atom stereocenters. The van der Waals surface area contributed by atoms with Gasteiger partial charge in [-0.2, -0.15) is 0 Å². The first kappa shape index (κ1) is 13.1. The predicted octanol–water partition coefficient (Wildman–Crippen LogP) is 2.92. The lowest BCUT2D eigenvalue weighted by Gasteiger charge is -2.08. The first-order valence-corrected chi connectivity index (χ1v) is 7.45. The van der Waals surface area contributed by atoms with E-state index in [2.05, 4.69) is 4.72 Å². The normalized spacial score (nSPS) is 11.4. The predicted molar refractivity (Wildman–Crippen MR) is 70.9 cm³/mol. The van der Waals surface area contributed by atoms with Crippen LogP contribution in [0.15, 0.2) is 33.9 Å². The molecule has 0 radical (unpaired) electrons. The van der Waals surface area contributed by atoms with Gasteiger partial charge < -0.3 is 5.73 Å². The highest BCUT2D eigenvalue weighted by Crippen LogP contribution is 2.29. The number of thiophene rings is 1. The summed E-state index contributed by atoms with van der Waals surface area (Å²) in [6.45, 7) is 0. The van der Waals surface area contributed by atoms with Crippen LogP contribution >= 0.6 is 22.9 Å². The number of para-hydroxylation sites is 1. The lowest BCUT2D eigenvalue weighted by atomic mass is 10.3. The van der Waals surface area contributed by atoms with E-state index in [1.165, 1.54) is 23.6 Å². The molecule has 0 unspecified atom stereocenters. The summed E-state index contributed by atoms with van der Waals surface area (Å²) in [5, 5.41) is 1.47. The molecule has 1 heterocycles. The molecule has 0 aliphatic heterocycles. The molecule has 0 amide bonds. The minimum absolute atomic E-state index is 0.000630. The molecule has 0 saturated heterocycles. The molecular weight excluding hydrogens is 299 g/mol. The van der Waals surface area contributed by atoms with Gasteiger partial charge in [0.2, 0.25) is 0 Å². The van der Waals surface area contributed by atoms with Crippen LogP contribution in [0, 0.1) is 5.82 Å². The van der Waals surface area contributed by atoms with Crippen molar-refractivity contribution < 1.29 is 12.8 Å². The van der Waals surface area contributed by atoms with Crippen molar-refractivity contribution in [1.82, 2.24) is 0 Å². The van der Waals surface area contributed by atoms with E-state index < -0.39 is 15.8 Å². The van der Waals surface area contributed by atoms with E-state index >= 15 is 0 Å². The molecule has 2 aromatic rings. The Balaban J connectivity index is 2.40. The number of hydrogen-bond acceptors (Lipinski definition) is 4. The summed E-state index contributed by atoms with van der Waals surface area (Å²) in [5.41, 5.74) is 5.51. The second-order valence-electron chi connectivity index (χ2n) is 3.40. The van der Waals surface area contributed by atoms with E-state index in [4.69, 9.17) is 17.3 Å². The number of nitrogen functional groups attached to an aromatic ring is 1. The highest BCUT2D eigenvalue weighted by Gasteiger charge is 2.19. The van der Waals surface area contributed by atoms with E-state index in [1.54, 1.807) is 0 Å². The van der Waals surface area contributed by atoms with Gasteiger partial charge in [0.05, 0.1) is 5.02 Å². The zero-order valence-electron chi connectivity index (χ0n) is 8.85. The topological polar surface area (TPSA) is 72.2 Å². The summed E-state index contributed by atoms with van der Waals surface area (Å²) in [6.07, 6.45) is 0. The van der Waals surface area contributed by atoms with Crippen LogP contribution in [0.25, 0.3) is 0 Å². The summed E-state index contributed by atoms with van der Waals surface area (Å²) in [7, 11) is -3.87. The molecule has 1 aromatic heterocycles. The fourth-order valence-corrected chi connectivity index (χ4v) is 3.69. The van der Waals surface area contributed by atoms with Gasteiger partial charge in [-0.3, -0.25) is 4.72 Å². The molecule has 4 nitrogen and oxygen atoms in total. The zero-order valence-corrected chi connectivity index (χ0v) is 11.2. The number of nitrogens with two attached hydrogens (primary N) is 1. The average molecular weight is 307 g/mol. The number of halogens is 2. The van der Waals surface area contributed by atoms with Gasteiger partial charge in [0.25, 0.3) is 10.0 Å². The van der Waals surface area contributed by atoms with Gasteiger partial charge in [-0.25, -0.2) is 12.8 Å². The van der Waals surface area contributed by atoms with Gasteiger partial charge >= 0.3 is 0 Å². The highest BCUT2D eigenvalue weighted by atomic mass is 35.5. The molecule has 0 aliphatic rings. The van der Waals surface area contributed by atoms with Crippen molar-refractivity contribution in [2.24, 2.45) is 0 Å². The van der Waals surface area contributed by atoms with Gasteiger partial charge in [-0.05, 0) is 18.2 Å². The number of nitrogens with one attached hydrogen (secondary N) is 1. The fourth-order valence-electron chi connectivity index (χ4n) is 1.25. The Morgan fingerprint density at radius 3 is 2.67 bits per heavy atom. The van der Waals surface area contributed by atoms with Crippen LogP contribution in [0.2, 0.25) is 5.02 Å². The maximum Gasteiger partial charge on any atom is 0.271 e. The molecule has 96 valence electrons. The molecule has 0 bridgehead atoms. The summed E-state index contributed by atoms with van der Waals surface area (Å²) in [6, 6.07) is 5.19. The van der Waals surface area contributed by atoms with Crippen molar-refractivity contribution in [2.75, 3.05) is 10.5 Å². The minimum atomic E-state index is -3.87. The molecule has 18 heavy (non-hydrogen) atoms. The highest BCUT2D eigenvalue weighted by molar-refractivity contribution is 7.94. The van der Waals surface area contributed by atoms with E-state index in [0.29, 0.717) is 5.69 Å². The van der Waals surface area contributed by atoms with Gasteiger partial charge in [-0.1, -0.05) is 17.7 Å². The summed E-state index contributed by atoms with van der Waals surface area (Å²) in [5.74, 6) is -0.740. The SMILES string of the molecule is Nc1csc(S(=O)(=O)Nc2c(F)cccc2Cl)c1. The van der Waals surface area contributed by atoms with Crippen LogP contribution in [-0.4, -0.2) is 8.42 Å². The molecule has 0 saturated carbocycles. The average Bonchev–Trinajstić information content (AvgIpc) is 2.71. The first-order valence-electron chi connectivity index (χ1n) is 4.71. The Kier molecular flexibility index (Phi) is 3.47.